The molecule has 2 heterocycles. The number of hydrogen-bond donors (Lipinski definition) is 1. The highest BCUT2D eigenvalue weighted by Crippen LogP contribution is 2.27. The van der Waals surface area contributed by atoms with Crippen molar-refractivity contribution >= 4 is 26.7 Å². The van der Waals surface area contributed by atoms with E-state index in [0.29, 0.717) is 6.04 Å². The first-order chi connectivity index (χ1) is 8.85. The Morgan fingerprint density at radius 3 is 3.17 bits per heavy atom. The summed E-state index contributed by atoms with van der Waals surface area (Å²) < 4.78 is 1.27. The van der Waals surface area contributed by atoms with Crippen molar-refractivity contribution in [2.45, 2.75) is 25.8 Å². The maximum atomic E-state index is 4.65. The molecule has 0 aliphatic carbocycles. The number of nitrogens with zero attached hydrogens (tertiary/aromatic N) is 2. The Labute approximate surface area is 112 Å². The summed E-state index contributed by atoms with van der Waals surface area (Å²) in [6.07, 6.45) is 2.54. The lowest BCUT2D eigenvalue weighted by Gasteiger charge is -2.32. The highest BCUT2D eigenvalue weighted by Gasteiger charge is 2.19. The molecule has 0 bridgehead atoms. The van der Waals surface area contributed by atoms with Crippen LogP contribution in [0.5, 0.6) is 0 Å². The molecule has 0 unspecified atom stereocenters. The minimum Gasteiger partial charge on any atom is -0.357 e. The summed E-state index contributed by atoms with van der Waals surface area (Å²) in [6.45, 7) is 5.78. The van der Waals surface area contributed by atoms with E-state index in [1.54, 1.807) is 11.3 Å². The Balaban J connectivity index is 1.71. The van der Waals surface area contributed by atoms with E-state index >= 15 is 0 Å². The molecule has 1 N–H and O–H groups in total. The number of hydrogen-bond acceptors (Lipinski definition) is 4. The standard InChI is InChI=1S/C14H19N3S/c1-2-17-9-5-6-11(10-17)15-14-16-12-7-3-4-8-13(12)18-14/h3-4,7-8,11H,2,5-6,9-10H2,1H3,(H,15,16)/t11-/m0/s1. The van der Waals surface area contributed by atoms with Crippen molar-refractivity contribution in [1.82, 2.24) is 9.88 Å². The number of benzene rings is 1. The van der Waals surface area contributed by atoms with Crippen molar-refractivity contribution in [1.29, 1.82) is 0 Å². The average Bonchev–Trinajstić information content (AvgIpc) is 2.81. The van der Waals surface area contributed by atoms with Crippen LogP contribution in [0.4, 0.5) is 5.13 Å². The topological polar surface area (TPSA) is 28.2 Å². The molecule has 0 spiro atoms. The third kappa shape index (κ3) is 2.49. The lowest BCUT2D eigenvalue weighted by atomic mass is 10.1. The van der Waals surface area contributed by atoms with Gasteiger partial charge in [-0.05, 0) is 38.1 Å². The molecule has 4 heteroatoms. The van der Waals surface area contributed by atoms with Gasteiger partial charge in [0.1, 0.15) is 0 Å². The summed E-state index contributed by atoms with van der Waals surface area (Å²) >= 11 is 1.76. The van der Waals surface area contributed by atoms with Gasteiger partial charge in [-0.15, -0.1) is 0 Å². The van der Waals surface area contributed by atoms with Crippen LogP contribution < -0.4 is 5.32 Å². The van der Waals surface area contributed by atoms with Gasteiger partial charge in [-0.2, -0.15) is 0 Å². The molecule has 2 aromatic rings. The molecule has 1 saturated heterocycles. The molecule has 1 atom stereocenters. The molecule has 18 heavy (non-hydrogen) atoms. The van der Waals surface area contributed by atoms with Crippen molar-refractivity contribution in [2.24, 2.45) is 0 Å². The molecule has 0 saturated carbocycles. The second-order valence-electron chi connectivity index (χ2n) is 4.86. The molecule has 0 radical (unpaired) electrons. The molecule has 1 aliphatic rings. The first kappa shape index (κ1) is 11.9. The third-order valence-electron chi connectivity index (χ3n) is 3.57. The van der Waals surface area contributed by atoms with Crippen LogP contribution in [0.3, 0.4) is 0 Å². The summed E-state index contributed by atoms with van der Waals surface area (Å²) in [7, 11) is 0. The maximum Gasteiger partial charge on any atom is 0.184 e. The van der Waals surface area contributed by atoms with Crippen LogP contribution in [-0.4, -0.2) is 35.6 Å². The first-order valence-electron chi connectivity index (χ1n) is 6.69. The Morgan fingerprint density at radius 1 is 1.44 bits per heavy atom. The van der Waals surface area contributed by atoms with Crippen molar-refractivity contribution in [2.75, 3.05) is 25.0 Å². The maximum absolute atomic E-state index is 4.65. The largest absolute Gasteiger partial charge is 0.357 e. The number of thiazole rings is 1. The first-order valence-corrected chi connectivity index (χ1v) is 7.51. The molecule has 1 aliphatic heterocycles. The minimum atomic E-state index is 0.555. The predicted molar refractivity (Wildman–Crippen MR) is 78.4 cm³/mol. The molecule has 3 nitrogen and oxygen atoms in total. The second-order valence-corrected chi connectivity index (χ2v) is 5.89. The number of para-hydroxylation sites is 1. The zero-order chi connectivity index (χ0) is 12.4. The second kappa shape index (κ2) is 5.24. The van der Waals surface area contributed by atoms with Gasteiger partial charge in [-0.25, -0.2) is 4.98 Å². The molecule has 96 valence electrons. The molecule has 3 rings (SSSR count). The van der Waals surface area contributed by atoms with E-state index in [0.717, 1.165) is 23.7 Å². The fourth-order valence-electron chi connectivity index (χ4n) is 2.57. The molecule has 1 fully saturated rings. The average molecular weight is 261 g/mol. The van der Waals surface area contributed by atoms with E-state index in [-0.39, 0.29) is 0 Å². The van der Waals surface area contributed by atoms with Crippen LogP contribution in [0.15, 0.2) is 24.3 Å². The Bertz CT molecular complexity index is 489. The lowest BCUT2D eigenvalue weighted by molar-refractivity contribution is 0.227. The summed E-state index contributed by atoms with van der Waals surface area (Å²) in [5.41, 5.74) is 1.10. The fraction of sp³-hybridized carbons (Fsp3) is 0.500. The van der Waals surface area contributed by atoms with Crippen molar-refractivity contribution in [3.05, 3.63) is 24.3 Å². The highest BCUT2D eigenvalue weighted by molar-refractivity contribution is 7.22. The number of nitrogens with one attached hydrogen (secondary N) is 1. The van der Waals surface area contributed by atoms with Crippen molar-refractivity contribution in [3.63, 3.8) is 0 Å². The van der Waals surface area contributed by atoms with Gasteiger partial charge < -0.3 is 10.2 Å². The fourth-order valence-corrected chi connectivity index (χ4v) is 3.51. The van der Waals surface area contributed by atoms with Crippen LogP contribution in [0.25, 0.3) is 10.2 Å². The van der Waals surface area contributed by atoms with E-state index in [1.807, 2.05) is 6.07 Å². The number of likely N-dealkylation sites (tertiary alicyclic amines) is 1. The zero-order valence-corrected chi connectivity index (χ0v) is 11.5. The van der Waals surface area contributed by atoms with E-state index in [9.17, 15) is 0 Å². The smallest absolute Gasteiger partial charge is 0.184 e. The number of rotatable bonds is 3. The predicted octanol–water partition coefficient (Wildman–Crippen LogP) is 3.19. The van der Waals surface area contributed by atoms with E-state index in [1.165, 1.54) is 24.1 Å². The quantitative estimate of drug-likeness (QED) is 0.919. The third-order valence-corrected chi connectivity index (χ3v) is 4.54. The Hall–Kier alpha value is -1.13. The van der Waals surface area contributed by atoms with Gasteiger partial charge in [-0.1, -0.05) is 30.4 Å². The highest BCUT2D eigenvalue weighted by atomic mass is 32.1. The van der Waals surface area contributed by atoms with Crippen LogP contribution in [0.1, 0.15) is 19.8 Å². The zero-order valence-electron chi connectivity index (χ0n) is 10.7. The number of likely N-dealkylation sites (N-methyl/N-ethyl adjacent to an activating group) is 1. The van der Waals surface area contributed by atoms with Crippen LogP contribution in [0.2, 0.25) is 0 Å². The van der Waals surface area contributed by atoms with Gasteiger partial charge in [0.05, 0.1) is 10.2 Å². The van der Waals surface area contributed by atoms with Gasteiger partial charge in [0, 0.05) is 12.6 Å². The molecular weight excluding hydrogens is 242 g/mol. The summed E-state index contributed by atoms with van der Waals surface area (Å²) in [6, 6.07) is 8.89. The van der Waals surface area contributed by atoms with Gasteiger partial charge in [0.2, 0.25) is 0 Å². The summed E-state index contributed by atoms with van der Waals surface area (Å²) in [5, 5.41) is 4.67. The van der Waals surface area contributed by atoms with Gasteiger partial charge in [-0.3, -0.25) is 0 Å². The molecule has 0 amide bonds. The monoisotopic (exact) mass is 261 g/mol. The van der Waals surface area contributed by atoms with Gasteiger partial charge in [0.25, 0.3) is 0 Å². The Kier molecular flexibility index (Phi) is 3.48. The SMILES string of the molecule is CCN1CCC[C@H](Nc2nc3ccccc3s2)C1. The Morgan fingerprint density at radius 2 is 2.33 bits per heavy atom. The van der Waals surface area contributed by atoms with Crippen molar-refractivity contribution in [3.8, 4) is 0 Å². The van der Waals surface area contributed by atoms with Gasteiger partial charge in [0.15, 0.2) is 5.13 Å². The normalized spacial score (nSPS) is 21.3. The summed E-state index contributed by atoms with van der Waals surface area (Å²) in [5.74, 6) is 0. The van der Waals surface area contributed by atoms with Crippen molar-refractivity contribution < 1.29 is 0 Å². The van der Waals surface area contributed by atoms with E-state index < -0.39 is 0 Å². The van der Waals surface area contributed by atoms with Gasteiger partial charge >= 0.3 is 0 Å². The van der Waals surface area contributed by atoms with Crippen LogP contribution >= 0.6 is 11.3 Å². The number of piperidine rings is 1. The lowest BCUT2D eigenvalue weighted by Crippen LogP contribution is -2.41. The number of anilines is 1. The molecular formula is C14H19N3S. The number of fused-ring (bicyclic) bond motifs is 1. The van der Waals surface area contributed by atoms with E-state index in [2.05, 4.69) is 40.3 Å². The molecule has 1 aromatic carbocycles. The van der Waals surface area contributed by atoms with E-state index in [4.69, 9.17) is 0 Å². The molecule has 1 aromatic heterocycles. The summed E-state index contributed by atoms with van der Waals surface area (Å²) in [4.78, 5) is 7.15. The minimum absolute atomic E-state index is 0.555. The van der Waals surface area contributed by atoms with Crippen LogP contribution in [-0.2, 0) is 0 Å². The number of aromatic nitrogens is 1. The van der Waals surface area contributed by atoms with Crippen LogP contribution in [0, 0.1) is 0 Å².